The first kappa shape index (κ1) is 29.2. The van der Waals surface area contributed by atoms with Gasteiger partial charge in [0.05, 0.1) is 0 Å². The predicted molar refractivity (Wildman–Crippen MR) is 38.6 cm³/mol. The van der Waals surface area contributed by atoms with Gasteiger partial charge in [-0.3, -0.25) is 0 Å². The first-order valence-electron chi connectivity index (χ1n) is 1.57. The average Bonchev–Trinajstić information content (AvgIpc) is 1.12. The first-order valence-corrected chi connectivity index (χ1v) is 4.70. The van der Waals surface area contributed by atoms with Crippen molar-refractivity contribution >= 4 is 15.6 Å². The van der Waals surface area contributed by atoms with Crippen LogP contribution in [0.15, 0.2) is 0 Å². The van der Waals surface area contributed by atoms with E-state index in [0.717, 1.165) is 0 Å². The minimum absolute atomic E-state index is 0. The Hall–Kier alpha value is 0.763. The maximum atomic E-state index is 8.88. The van der Waals surface area contributed by atoms with Crippen molar-refractivity contribution < 1.29 is 58.0 Å². The van der Waals surface area contributed by atoms with Gasteiger partial charge in [-0.05, 0) is 0 Å². The first-order chi connectivity index (χ1) is 4.00. The van der Waals surface area contributed by atoms with Crippen LogP contribution < -0.4 is 12.3 Å². The van der Waals surface area contributed by atoms with E-state index in [1.54, 1.807) is 0 Å². The van der Waals surface area contributed by atoms with Crippen LogP contribution in [0.3, 0.4) is 0 Å². The Kier molecular flexibility index (Phi) is 24.3. The minimum atomic E-state index is -4.64. The van der Waals surface area contributed by atoms with Gasteiger partial charge in [0.2, 0.25) is 0 Å². The molecular weight excluding hydrogens is 283 g/mol. The molecular formula is H12N2O8P2Zn. The van der Waals surface area contributed by atoms with E-state index in [2.05, 4.69) is 0 Å². The van der Waals surface area contributed by atoms with Gasteiger partial charge in [-0.2, -0.15) is 0 Å². The van der Waals surface area contributed by atoms with Gasteiger partial charge in [0.1, 0.15) is 0 Å². The molecule has 0 aromatic rings. The van der Waals surface area contributed by atoms with Crippen molar-refractivity contribution in [1.29, 1.82) is 0 Å². The fourth-order valence-corrected chi connectivity index (χ4v) is 0. The summed E-state index contributed by atoms with van der Waals surface area (Å²) in [5.74, 6) is 0. The van der Waals surface area contributed by atoms with Crippen LogP contribution in [0.1, 0.15) is 0 Å². The molecule has 0 aromatic heterocycles. The van der Waals surface area contributed by atoms with Crippen molar-refractivity contribution in [1.82, 2.24) is 12.3 Å². The molecule has 13 heteroatoms. The molecule has 0 fully saturated rings. The quantitative estimate of drug-likeness (QED) is 0.190. The van der Waals surface area contributed by atoms with Crippen molar-refractivity contribution in [2.24, 2.45) is 0 Å². The molecule has 0 saturated heterocycles. The summed E-state index contributed by atoms with van der Waals surface area (Å²) < 4.78 is 17.8. The second-order valence-electron chi connectivity index (χ2n) is 1.03. The SMILES string of the molecule is N.N.O=P(O)(O)O.O=P(O)(O)O.[Zn]. The van der Waals surface area contributed by atoms with Crippen LogP contribution in [0.25, 0.3) is 0 Å². The smallest absolute Gasteiger partial charge is 0.344 e. The van der Waals surface area contributed by atoms with E-state index >= 15 is 0 Å². The fraction of sp³-hybridized carbons (Fsp3) is 0. The van der Waals surface area contributed by atoms with Crippen molar-refractivity contribution in [3.63, 3.8) is 0 Å². The second kappa shape index (κ2) is 10.8. The molecule has 0 aliphatic rings. The number of rotatable bonds is 0. The normalized spacial score (nSPS) is 9.08. The summed E-state index contributed by atoms with van der Waals surface area (Å²) in [7, 11) is -9.28. The molecule has 0 aromatic carbocycles. The Labute approximate surface area is 86.4 Å². The van der Waals surface area contributed by atoms with Gasteiger partial charge >= 0.3 is 15.6 Å². The Morgan fingerprint density at radius 2 is 0.615 bits per heavy atom. The molecule has 0 spiro atoms. The van der Waals surface area contributed by atoms with E-state index in [-0.39, 0.29) is 31.8 Å². The summed E-state index contributed by atoms with van der Waals surface area (Å²) in [6, 6.07) is 0. The van der Waals surface area contributed by atoms with Crippen molar-refractivity contribution in [3.8, 4) is 0 Å². The third-order valence-electron chi connectivity index (χ3n) is 0. The Morgan fingerprint density at radius 3 is 0.615 bits per heavy atom. The Morgan fingerprint density at radius 1 is 0.615 bits per heavy atom. The van der Waals surface area contributed by atoms with E-state index in [1.807, 2.05) is 0 Å². The molecule has 13 heavy (non-hydrogen) atoms. The summed E-state index contributed by atoms with van der Waals surface area (Å²) >= 11 is 0. The van der Waals surface area contributed by atoms with Crippen LogP contribution in [-0.4, -0.2) is 29.4 Å². The van der Waals surface area contributed by atoms with Crippen LogP contribution in [0, 0.1) is 0 Å². The third kappa shape index (κ3) is 2540. The van der Waals surface area contributed by atoms with Gasteiger partial charge in [0.15, 0.2) is 0 Å². The Balaban J connectivity index is -0.0000000267. The fourth-order valence-electron chi connectivity index (χ4n) is 0. The van der Waals surface area contributed by atoms with Gasteiger partial charge in [0.25, 0.3) is 0 Å². The molecule has 0 saturated carbocycles. The van der Waals surface area contributed by atoms with Gasteiger partial charge in [0, 0.05) is 19.5 Å². The van der Waals surface area contributed by atoms with E-state index in [1.165, 1.54) is 0 Å². The van der Waals surface area contributed by atoms with Crippen LogP contribution >= 0.6 is 15.6 Å². The van der Waals surface area contributed by atoms with E-state index in [4.69, 9.17) is 38.5 Å². The molecule has 0 aliphatic heterocycles. The number of hydrogen-bond acceptors (Lipinski definition) is 4. The zero-order chi connectivity index (χ0) is 9.00. The maximum Gasteiger partial charge on any atom is 0.466 e. The molecule has 0 bridgehead atoms. The van der Waals surface area contributed by atoms with Crippen LogP contribution in [0.4, 0.5) is 0 Å². The molecule has 0 rings (SSSR count). The van der Waals surface area contributed by atoms with Crippen LogP contribution in [-0.2, 0) is 28.6 Å². The number of phosphoric acid groups is 2. The van der Waals surface area contributed by atoms with Gasteiger partial charge in [-0.1, -0.05) is 0 Å². The molecule has 0 radical (unpaired) electrons. The van der Waals surface area contributed by atoms with E-state index < -0.39 is 15.6 Å². The van der Waals surface area contributed by atoms with E-state index in [0.29, 0.717) is 0 Å². The van der Waals surface area contributed by atoms with Gasteiger partial charge < -0.3 is 41.7 Å². The molecule has 0 heterocycles. The van der Waals surface area contributed by atoms with E-state index in [9.17, 15) is 0 Å². The van der Waals surface area contributed by atoms with Crippen molar-refractivity contribution in [3.05, 3.63) is 0 Å². The zero-order valence-corrected chi connectivity index (χ0v) is 11.3. The maximum absolute atomic E-state index is 8.88. The van der Waals surface area contributed by atoms with Crippen molar-refractivity contribution in [2.45, 2.75) is 0 Å². The van der Waals surface area contributed by atoms with Gasteiger partial charge in [-0.15, -0.1) is 0 Å². The van der Waals surface area contributed by atoms with Gasteiger partial charge in [-0.25, -0.2) is 9.13 Å². The second-order valence-corrected chi connectivity index (χ2v) is 3.08. The topological polar surface area (TPSA) is 226 Å². The molecule has 12 N–H and O–H groups in total. The summed E-state index contributed by atoms with van der Waals surface area (Å²) in [5.41, 5.74) is 0. The molecule has 0 atom stereocenters. The summed E-state index contributed by atoms with van der Waals surface area (Å²) in [6.45, 7) is 0. The zero-order valence-electron chi connectivity index (χ0n) is 6.52. The molecule has 0 aliphatic carbocycles. The Bertz CT molecular complexity index is 132. The van der Waals surface area contributed by atoms with Crippen LogP contribution in [0.2, 0.25) is 0 Å². The summed E-state index contributed by atoms with van der Waals surface area (Å²) in [4.78, 5) is 43.1. The standard InChI is InChI=1S/2H3N.2H3O4P.Zn/c;;2*1-5(2,3)4;/h2*1H3;2*(H3,1,2,3,4);. The van der Waals surface area contributed by atoms with Crippen LogP contribution in [0.5, 0.6) is 0 Å². The minimum Gasteiger partial charge on any atom is -0.344 e. The number of hydrogen-bond donors (Lipinski definition) is 8. The molecule has 0 unspecified atom stereocenters. The third-order valence-corrected chi connectivity index (χ3v) is 0. The molecule has 0 amide bonds. The molecule has 82 valence electrons. The molecule has 10 nitrogen and oxygen atoms in total. The average molecular weight is 295 g/mol. The summed E-state index contributed by atoms with van der Waals surface area (Å²) in [5, 5.41) is 0. The predicted octanol–water partition coefficient (Wildman–Crippen LogP) is -1.54. The van der Waals surface area contributed by atoms with Crippen molar-refractivity contribution in [2.75, 3.05) is 0 Å². The summed E-state index contributed by atoms with van der Waals surface area (Å²) in [6.07, 6.45) is 0. The largest absolute Gasteiger partial charge is 0.466 e. The monoisotopic (exact) mass is 294 g/mol.